The van der Waals surface area contributed by atoms with E-state index in [0.29, 0.717) is 0 Å². The van der Waals surface area contributed by atoms with Crippen LogP contribution in [0.3, 0.4) is 0 Å². The second-order valence-corrected chi connectivity index (χ2v) is 5.54. The molecule has 1 heterocycles. The van der Waals surface area contributed by atoms with Gasteiger partial charge in [0.25, 0.3) is 0 Å². The highest BCUT2D eigenvalue weighted by Gasteiger charge is 2.27. The molecule has 0 aliphatic rings. The Morgan fingerprint density at radius 3 is 2.72 bits per heavy atom. The Hall–Kier alpha value is -1.86. The fourth-order valence-electron chi connectivity index (χ4n) is 2.00. The van der Waals surface area contributed by atoms with Crippen LogP contribution in [-0.2, 0) is 6.61 Å². The number of nitrogens with zero attached hydrogens (tertiary/aromatic N) is 3. The number of fused-ring (bicyclic) bond motifs is 1. The van der Waals surface area contributed by atoms with Gasteiger partial charge < -0.3 is 5.11 Å². The van der Waals surface area contributed by atoms with Crippen LogP contribution in [0.25, 0.3) is 10.9 Å². The van der Waals surface area contributed by atoms with Crippen molar-refractivity contribution in [3.8, 4) is 6.07 Å². The van der Waals surface area contributed by atoms with Gasteiger partial charge in [0, 0.05) is 5.39 Å². The molecular weight excluding hydrogens is 226 g/mol. The predicted octanol–water partition coefficient (Wildman–Crippen LogP) is 2.64. The first-order valence-electron chi connectivity index (χ1n) is 5.94. The van der Waals surface area contributed by atoms with Gasteiger partial charge in [-0.15, -0.1) is 0 Å². The summed E-state index contributed by atoms with van der Waals surface area (Å²) in [6.07, 6.45) is 1.76. The summed E-state index contributed by atoms with van der Waals surface area (Å²) in [5.74, 6) is 0. The fraction of sp³-hybridized carbons (Fsp3) is 0.429. The maximum Gasteiger partial charge on any atom is 0.144 e. The summed E-state index contributed by atoms with van der Waals surface area (Å²) < 4.78 is 1.74. The van der Waals surface area contributed by atoms with Crippen LogP contribution in [0.5, 0.6) is 0 Å². The number of aromatic nitrogens is 2. The molecule has 0 radical (unpaired) electrons. The summed E-state index contributed by atoms with van der Waals surface area (Å²) in [7, 11) is 0. The van der Waals surface area contributed by atoms with Crippen LogP contribution < -0.4 is 0 Å². The minimum atomic E-state index is -0.330. The molecule has 4 nitrogen and oxygen atoms in total. The first kappa shape index (κ1) is 12.6. The Labute approximate surface area is 106 Å². The van der Waals surface area contributed by atoms with Crippen molar-refractivity contribution in [1.82, 2.24) is 9.78 Å². The van der Waals surface area contributed by atoms with E-state index in [0.717, 1.165) is 16.5 Å². The van der Waals surface area contributed by atoms with Crippen molar-refractivity contribution in [2.24, 2.45) is 5.41 Å². The first-order chi connectivity index (χ1) is 8.47. The average molecular weight is 243 g/mol. The lowest BCUT2D eigenvalue weighted by molar-refractivity contribution is 0.281. The molecule has 94 valence electrons. The molecule has 0 aliphatic heterocycles. The van der Waals surface area contributed by atoms with Gasteiger partial charge in [-0.1, -0.05) is 32.9 Å². The number of nitriles is 1. The average Bonchev–Trinajstić information content (AvgIpc) is 2.71. The third-order valence-electron chi connectivity index (χ3n) is 3.03. The van der Waals surface area contributed by atoms with Crippen molar-refractivity contribution in [3.05, 3.63) is 30.0 Å². The SMILES string of the molecule is CC(C)(C)C(C#N)n1ncc2ccc(CO)cc21. The number of aliphatic hydroxyl groups is 1. The summed E-state index contributed by atoms with van der Waals surface area (Å²) in [5.41, 5.74) is 1.53. The van der Waals surface area contributed by atoms with Crippen molar-refractivity contribution >= 4 is 10.9 Å². The summed E-state index contributed by atoms with van der Waals surface area (Å²) in [6, 6.07) is 7.66. The fourth-order valence-corrected chi connectivity index (χ4v) is 2.00. The van der Waals surface area contributed by atoms with E-state index in [9.17, 15) is 10.4 Å². The van der Waals surface area contributed by atoms with Crippen molar-refractivity contribution in [3.63, 3.8) is 0 Å². The van der Waals surface area contributed by atoms with Gasteiger partial charge in [-0.25, -0.2) is 4.68 Å². The third kappa shape index (κ3) is 2.09. The van der Waals surface area contributed by atoms with Gasteiger partial charge in [0.15, 0.2) is 0 Å². The summed E-state index contributed by atoms with van der Waals surface area (Å²) in [6.45, 7) is 6.05. The van der Waals surface area contributed by atoms with Gasteiger partial charge in [0.05, 0.1) is 24.4 Å². The van der Waals surface area contributed by atoms with Crippen LogP contribution in [-0.4, -0.2) is 14.9 Å². The zero-order valence-corrected chi connectivity index (χ0v) is 10.9. The normalized spacial score (nSPS) is 13.5. The summed E-state index contributed by atoms with van der Waals surface area (Å²) in [5, 5.41) is 23.8. The molecule has 0 saturated carbocycles. The van der Waals surface area contributed by atoms with E-state index in [1.165, 1.54) is 0 Å². The molecule has 2 aromatic rings. The van der Waals surface area contributed by atoms with Crippen LogP contribution >= 0.6 is 0 Å². The van der Waals surface area contributed by atoms with E-state index in [4.69, 9.17) is 0 Å². The van der Waals surface area contributed by atoms with E-state index in [1.54, 1.807) is 10.9 Å². The Morgan fingerprint density at radius 1 is 1.44 bits per heavy atom. The van der Waals surface area contributed by atoms with E-state index in [-0.39, 0.29) is 18.1 Å². The van der Waals surface area contributed by atoms with Crippen LogP contribution in [0.4, 0.5) is 0 Å². The quantitative estimate of drug-likeness (QED) is 0.882. The van der Waals surface area contributed by atoms with E-state index in [1.807, 2.05) is 39.0 Å². The van der Waals surface area contributed by atoms with Crippen LogP contribution in [0, 0.1) is 16.7 Å². The molecule has 0 spiro atoms. The van der Waals surface area contributed by atoms with Gasteiger partial charge in [-0.05, 0) is 17.0 Å². The number of rotatable bonds is 2. The number of hydrogen-bond acceptors (Lipinski definition) is 3. The second kappa shape index (κ2) is 4.43. The highest BCUT2D eigenvalue weighted by Crippen LogP contribution is 2.32. The zero-order chi connectivity index (χ0) is 13.3. The minimum Gasteiger partial charge on any atom is -0.392 e. The van der Waals surface area contributed by atoms with Crippen molar-refractivity contribution in [1.29, 1.82) is 5.26 Å². The predicted molar refractivity (Wildman–Crippen MR) is 69.8 cm³/mol. The summed E-state index contributed by atoms with van der Waals surface area (Å²) >= 11 is 0. The summed E-state index contributed by atoms with van der Waals surface area (Å²) in [4.78, 5) is 0. The largest absolute Gasteiger partial charge is 0.392 e. The van der Waals surface area contributed by atoms with E-state index < -0.39 is 0 Å². The molecule has 1 aromatic heterocycles. The lowest BCUT2D eigenvalue weighted by Gasteiger charge is -2.25. The van der Waals surface area contributed by atoms with Crippen molar-refractivity contribution < 1.29 is 5.11 Å². The molecule has 18 heavy (non-hydrogen) atoms. The molecule has 1 aromatic carbocycles. The third-order valence-corrected chi connectivity index (χ3v) is 3.03. The molecular formula is C14H17N3O. The lowest BCUT2D eigenvalue weighted by atomic mass is 9.87. The molecule has 4 heteroatoms. The van der Waals surface area contributed by atoms with E-state index in [2.05, 4.69) is 11.2 Å². The highest BCUT2D eigenvalue weighted by atomic mass is 16.3. The van der Waals surface area contributed by atoms with Crippen LogP contribution in [0.2, 0.25) is 0 Å². The van der Waals surface area contributed by atoms with Gasteiger partial charge >= 0.3 is 0 Å². The molecule has 1 atom stereocenters. The van der Waals surface area contributed by atoms with Crippen LogP contribution in [0.15, 0.2) is 24.4 Å². The standard InChI is InChI=1S/C14H17N3O/c1-14(2,3)13(7-15)17-12-6-10(9-18)4-5-11(12)8-16-17/h4-6,8,13,18H,9H2,1-3H3. The Balaban J connectivity index is 2.61. The maximum absolute atomic E-state index is 9.36. The smallest absolute Gasteiger partial charge is 0.144 e. The minimum absolute atomic E-state index is 0.00609. The molecule has 0 bridgehead atoms. The van der Waals surface area contributed by atoms with Crippen molar-refractivity contribution in [2.45, 2.75) is 33.4 Å². The van der Waals surface area contributed by atoms with Gasteiger partial charge in [0.2, 0.25) is 0 Å². The lowest BCUT2D eigenvalue weighted by Crippen LogP contribution is -2.23. The molecule has 1 N–H and O–H groups in total. The molecule has 0 fully saturated rings. The molecule has 0 saturated heterocycles. The van der Waals surface area contributed by atoms with E-state index >= 15 is 0 Å². The molecule has 2 rings (SSSR count). The van der Waals surface area contributed by atoms with Crippen LogP contribution in [0.1, 0.15) is 32.4 Å². The zero-order valence-electron chi connectivity index (χ0n) is 10.9. The van der Waals surface area contributed by atoms with Gasteiger partial charge in [-0.3, -0.25) is 0 Å². The monoisotopic (exact) mass is 243 g/mol. The molecule has 0 amide bonds. The second-order valence-electron chi connectivity index (χ2n) is 5.54. The van der Waals surface area contributed by atoms with Crippen molar-refractivity contribution in [2.75, 3.05) is 0 Å². The number of aliphatic hydroxyl groups excluding tert-OH is 1. The number of hydrogen-bond donors (Lipinski definition) is 1. The molecule has 1 unspecified atom stereocenters. The Kier molecular flexibility index (Phi) is 3.10. The number of benzene rings is 1. The van der Waals surface area contributed by atoms with Gasteiger partial charge in [0.1, 0.15) is 6.04 Å². The maximum atomic E-state index is 9.36. The Bertz CT molecular complexity index is 602. The first-order valence-corrected chi connectivity index (χ1v) is 5.94. The highest BCUT2D eigenvalue weighted by molar-refractivity contribution is 5.79. The van der Waals surface area contributed by atoms with Gasteiger partial charge in [-0.2, -0.15) is 10.4 Å². The molecule has 0 aliphatic carbocycles. The Morgan fingerprint density at radius 2 is 2.17 bits per heavy atom. The topological polar surface area (TPSA) is 61.8 Å².